The van der Waals surface area contributed by atoms with E-state index in [0.717, 1.165) is 11.3 Å². The van der Waals surface area contributed by atoms with E-state index in [-0.39, 0.29) is 11.8 Å². The molecule has 0 amide bonds. The molecule has 1 heterocycles. The maximum atomic E-state index is 10.2. The summed E-state index contributed by atoms with van der Waals surface area (Å²) in [6.45, 7) is 0. The van der Waals surface area contributed by atoms with Gasteiger partial charge in [0, 0.05) is 18.1 Å². The summed E-state index contributed by atoms with van der Waals surface area (Å²) in [5.41, 5.74) is 2.92. The topological polar surface area (TPSA) is 94.4 Å². The lowest BCUT2D eigenvalue weighted by Crippen LogP contribution is -1.95. The van der Waals surface area contributed by atoms with Crippen LogP contribution < -0.4 is 0 Å². The van der Waals surface area contributed by atoms with Crippen LogP contribution in [0.5, 0.6) is 5.75 Å². The second kappa shape index (κ2) is 8.79. The number of nitrogens with zero attached hydrogens (tertiary/aromatic N) is 6. The number of rotatable bonds is 5. The number of hydrogen-bond donors (Lipinski definition) is 1. The minimum atomic E-state index is -0.0205. The van der Waals surface area contributed by atoms with Crippen molar-refractivity contribution in [1.29, 1.82) is 0 Å². The molecule has 0 radical (unpaired) electrons. The third-order valence-corrected chi connectivity index (χ3v) is 4.29. The van der Waals surface area contributed by atoms with Crippen molar-refractivity contribution in [2.24, 2.45) is 30.7 Å². The van der Waals surface area contributed by atoms with Crippen molar-refractivity contribution in [2.75, 3.05) is 0 Å². The number of phenolic OH excluding ortho intramolecular Hbond substituents is 1. The van der Waals surface area contributed by atoms with E-state index < -0.39 is 0 Å². The van der Waals surface area contributed by atoms with Gasteiger partial charge in [0.1, 0.15) is 11.8 Å². The highest BCUT2D eigenvalue weighted by atomic mass is 16.3. The fourth-order valence-electron chi connectivity index (χ4n) is 2.78. The Morgan fingerprint density at radius 3 is 2.34 bits per heavy atom. The highest BCUT2D eigenvalue weighted by Crippen LogP contribution is 2.28. The average Bonchev–Trinajstić information content (AvgIpc) is 3.24. The second-order valence-corrected chi connectivity index (χ2v) is 6.39. The van der Waals surface area contributed by atoms with E-state index in [9.17, 15) is 5.11 Å². The molecule has 3 aromatic carbocycles. The summed E-state index contributed by atoms with van der Waals surface area (Å²) in [6.07, 6.45) is 2.08. The van der Waals surface area contributed by atoms with E-state index in [0.29, 0.717) is 23.5 Å². The van der Waals surface area contributed by atoms with Crippen molar-refractivity contribution in [3.8, 4) is 5.75 Å². The van der Waals surface area contributed by atoms with Gasteiger partial charge in [-0.3, -0.25) is 0 Å². The quantitative estimate of drug-likeness (QED) is 0.320. The summed E-state index contributed by atoms with van der Waals surface area (Å²) in [6, 6.07) is 24.3. The third kappa shape index (κ3) is 4.84. The van der Waals surface area contributed by atoms with Crippen molar-refractivity contribution in [2.45, 2.75) is 12.5 Å². The predicted molar refractivity (Wildman–Crippen MR) is 112 cm³/mol. The smallest absolute Gasteiger partial charge is 0.175 e. The zero-order valence-corrected chi connectivity index (χ0v) is 15.5. The van der Waals surface area contributed by atoms with E-state index in [4.69, 9.17) is 0 Å². The van der Waals surface area contributed by atoms with Gasteiger partial charge in [0.2, 0.25) is 0 Å². The number of azo groups is 2. The molecule has 0 bridgehead atoms. The van der Waals surface area contributed by atoms with Gasteiger partial charge < -0.3 is 5.11 Å². The molecule has 0 aromatic heterocycles. The van der Waals surface area contributed by atoms with Crippen LogP contribution in [0.2, 0.25) is 0 Å². The molecule has 7 heteroatoms. The van der Waals surface area contributed by atoms with Gasteiger partial charge in [-0.15, -0.1) is 10.2 Å². The molecule has 1 atom stereocenters. The molecule has 7 nitrogen and oxygen atoms in total. The summed E-state index contributed by atoms with van der Waals surface area (Å²) in [4.78, 5) is 0. The van der Waals surface area contributed by atoms with Gasteiger partial charge in [0.05, 0.1) is 17.6 Å². The van der Waals surface area contributed by atoms with Gasteiger partial charge in [-0.25, -0.2) is 0 Å². The van der Waals surface area contributed by atoms with E-state index in [1.165, 1.54) is 12.3 Å². The summed E-state index contributed by atoms with van der Waals surface area (Å²) >= 11 is 0. The standard InChI is InChI=1S/C22H18N6O/c29-21-13-19(25-24-18-9-5-2-6-10-18)12-11-17(21)15-23-27-22-14-20(26-28-22)16-7-3-1-4-8-16/h1-13,15,20,29H,14H2/b23-15+,25-24?,27-22-. The van der Waals surface area contributed by atoms with Crippen molar-refractivity contribution in [3.63, 3.8) is 0 Å². The molecule has 0 saturated carbocycles. The minimum Gasteiger partial charge on any atom is -0.507 e. The maximum Gasteiger partial charge on any atom is 0.175 e. The molecule has 3 aromatic rings. The van der Waals surface area contributed by atoms with Gasteiger partial charge in [-0.2, -0.15) is 20.4 Å². The van der Waals surface area contributed by atoms with Crippen molar-refractivity contribution < 1.29 is 5.11 Å². The van der Waals surface area contributed by atoms with Crippen LogP contribution in [0.15, 0.2) is 110 Å². The number of aromatic hydroxyl groups is 1. The Kier molecular flexibility index (Phi) is 5.57. The molecular weight excluding hydrogens is 364 g/mol. The molecule has 0 spiro atoms. The van der Waals surface area contributed by atoms with E-state index >= 15 is 0 Å². The maximum absolute atomic E-state index is 10.2. The molecule has 1 aliphatic rings. The van der Waals surface area contributed by atoms with Gasteiger partial charge in [0.25, 0.3) is 0 Å². The first-order valence-corrected chi connectivity index (χ1v) is 9.13. The Morgan fingerprint density at radius 1 is 0.862 bits per heavy atom. The molecule has 0 fully saturated rings. The lowest BCUT2D eigenvalue weighted by atomic mass is 10.1. The average molecular weight is 382 g/mol. The van der Waals surface area contributed by atoms with Crippen LogP contribution in [0.4, 0.5) is 11.4 Å². The summed E-state index contributed by atoms with van der Waals surface area (Å²) in [7, 11) is 0. The highest BCUT2D eigenvalue weighted by molar-refractivity contribution is 5.87. The molecule has 1 aliphatic heterocycles. The Hall–Kier alpha value is -4.00. The molecule has 142 valence electrons. The Bertz CT molecular complexity index is 1090. The van der Waals surface area contributed by atoms with Crippen LogP contribution in [0.1, 0.15) is 23.6 Å². The summed E-state index contributed by atoms with van der Waals surface area (Å²) in [5, 5.41) is 34.9. The first-order chi connectivity index (χ1) is 14.3. The molecule has 0 aliphatic carbocycles. The zero-order chi connectivity index (χ0) is 19.9. The van der Waals surface area contributed by atoms with E-state index in [1.54, 1.807) is 12.1 Å². The lowest BCUT2D eigenvalue weighted by molar-refractivity contribution is 0.474. The molecule has 0 saturated heterocycles. The Morgan fingerprint density at radius 2 is 1.59 bits per heavy atom. The van der Waals surface area contributed by atoms with E-state index in [2.05, 4.69) is 30.7 Å². The first-order valence-electron chi connectivity index (χ1n) is 9.13. The number of amidine groups is 1. The molecule has 1 N–H and O–H groups in total. The van der Waals surface area contributed by atoms with Crippen LogP contribution in [0, 0.1) is 0 Å². The summed E-state index contributed by atoms with van der Waals surface area (Å²) in [5.74, 6) is 0.608. The van der Waals surface area contributed by atoms with Gasteiger partial charge >= 0.3 is 0 Å². The normalized spacial score (nSPS) is 17.7. The van der Waals surface area contributed by atoms with E-state index in [1.807, 2.05) is 60.7 Å². The third-order valence-electron chi connectivity index (χ3n) is 4.29. The van der Waals surface area contributed by atoms with Crippen LogP contribution in [-0.2, 0) is 0 Å². The van der Waals surface area contributed by atoms with Crippen LogP contribution in [-0.4, -0.2) is 17.2 Å². The fraction of sp³-hybridized carbons (Fsp3) is 0.0909. The number of benzene rings is 3. The van der Waals surface area contributed by atoms with Gasteiger partial charge in [0.15, 0.2) is 5.84 Å². The van der Waals surface area contributed by atoms with Crippen LogP contribution in [0.25, 0.3) is 0 Å². The largest absolute Gasteiger partial charge is 0.507 e. The number of hydrogen-bond acceptors (Lipinski definition) is 6. The second-order valence-electron chi connectivity index (χ2n) is 6.39. The first kappa shape index (κ1) is 18.4. The zero-order valence-electron chi connectivity index (χ0n) is 15.5. The Balaban J connectivity index is 1.39. The van der Waals surface area contributed by atoms with Gasteiger partial charge in [-0.1, -0.05) is 48.5 Å². The monoisotopic (exact) mass is 382 g/mol. The fourth-order valence-corrected chi connectivity index (χ4v) is 2.78. The van der Waals surface area contributed by atoms with Crippen molar-refractivity contribution in [1.82, 2.24) is 0 Å². The molecular formula is C22H18N6O. The molecule has 1 unspecified atom stereocenters. The van der Waals surface area contributed by atoms with Gasteiger partial charge in [-0.05, 0) is 29.8 Å². The minimum absolute atomic E-state index is 0.0205. The van der Waals surface area contributed by atoms with Crippen LogP contribution >= 0.6 is 0 Å². The van der Waals surface area contributed by atoms with Crippen molar-refractivity contribution in [3.05, 3.63) is 90.0 Å². The lowest BCUT2D eigenvalue weighted by Gasteiger charge is -2.03. The predicted octanol–water partition coefficient (Wildman–Crippen LogP) is 6.14. The summed E-state index contributed by atoms with van der Waals surface area (Å²) < 4.78 is 0. The number of phenols is 1. The van der Waals surface area contributed by atoms with Crippen molar-refractivity contribution >= 4 is 23.4 Å². The SMILES string of the molecule is Oc1cc(N=Nc2ccccc2)ccc1/C=N/N=C1/CC(c2ccccc2)N=N1. The highest BCUT2D eigenvalue weighted by Gasteiger charge is 2.19. The molecule has 29 heavy (non-hydrogen) atoms. The Labute approximate surface area is 167 Å². The molecule has 4 rings (SSSR count). The van der Waals surface area contributed by atoms with Crippen LogP contribution in [0.3, 0.4) is 0 Å².